The van der Waals surface area contributed by atoms with E-state index >= 15 is 0 Å². The van der Waals surface area contributed by atoms with Crippen LogP contribution in [0.1, 0.15) is 10.6 Å². The van der Waals surface area contributed by atoms with Crippen LogP contribution in [0.3, 0.4) is 0 Å². The van der Waals surface area contributed by atoms with Crippen molar-refractivity contribution in [3.8, 4) is 0 Å². The normalized spacial score (nSPS) is 11.2. The number of nitrogens with zero attached hydrogens (tertiary/aromatic N) is 2. The van der Waals surface area contributed by atoms with Crippen LogP contribution in [0.25, 0.3) is 10.9 Å². The summed E-state index contributed by atoms with van der Waals surface area (Å²) in [5, 5.41) is 4.43. The first-order valence-corrected chi connectivity index (χ1v) is 6.91. The number of benzene rings is 1. The van der Waals surface area contributed by atoms with Gasteiger partial charge in [0.05, 0.1) is 6.54 Å². The summed E-state index contributed by atoms with van der Waals surface area (Å²) in [7, 11) is 0. The van der Waals surface area contributed by atoms with Gasteiger partial charge in [0.15, 0.2) is 0 Å². The van der Waals surface area contributed by atoms with Crippen molar-refractivity contribution in [2.75, 3.05) is 6.54 Å². The number of hydrogen-bond donors (Lipinski definition) is 1. The van der Waals surface area contributed by atoms with Gasteiger partial charge in [0.1, 0.15) is 5.01 Å². The molecular weight excluding hydrogens is 242 g/mol. The molecule has 0 amide bonds. The molecule has 92 valence electrons. The van der Waals surface area contributed by atoms with Gasteiger partial charge in [0, 0.05) is 23.3 Å². The highest BCUT2D eigenvalue weighted by Crippen LogP contribution is 2.19. The van der Waals surface area contributed by atoms with Crippen molar-refractivity contribution in [2.24, 2.45) is 5.73 Å². The molecule has 0 aliphatic heterocycles. The minimum Gasteiger partial charge on any atom is -0.341 e. The zero-order valence-electron chi connectivity index (χ0n) is 10.0. The standard InChI is InChI=1S/C14H15N3S/c15-5-3-11-1-2-13-12(9-11)4-7-17(13)10-14-16-6-8-18-14/h1-2,4,6-9H,3,5,10,15H2. The van der Waals surface area contributed by atoms with E-state index in [1.54, 1.807) is 11.3 Å². The molecule has 0 aliphatic carbocycles. The summed E-state index contributed by atoms with van der Waals surface area (Å²) >= 11 is 1.69. The molecule has 0 unspecified atom stereocenters. The summed E-state index contributed by atoms with van der Waals surface area (Å²) in [5.74, 6) is 0. The fraction of sp³-hybridized carbons (Fsp3) is 0.214. The highest BCUT2D eigenvalue weighted by atomic mass is 32.1. The number of hydrogen-bond acceptors (Lipinski definition) is 3. The first kappa shape index (κ1) is 11.4. The molecule has 3 aromatic rings. The molecule has 0 aliphatic rings. The number of rotatable bonds is 4. The predicted molar refractivity (Wildman–Crippen MR) is 75.9 cm³/mol. The Morgan fingerprint density at radius 2 is 2.22 bits per heavy atom. The average Bonchev–Trinajstić information content (AvgIpc) is 3.00. The molecule has 4 heteroatoms. The number of thiazole rings is 1. The molecule has 0 saturated heterocycles. The van der Waals surface area contributed by atoms with E-state index in [0.717, 1.165) is 18.0 Å². The Balaban J connectivity index is 1.94. The van der Waals surface area contributed by atoms with Gasteiger partial charge >= 0.3 is 0 Å². The van der Waals surface area contributed by atoms with E-state index in [1.165, 1.54) is 16.5 Å². The molecule has 0 fully saturated rings. The molecule has 1 aromatic carbocycles. The van der Waals surface area contributed by atoms with Gasteiger partial charge in [-0.2, -0.15) is 0 Å². The Morgan fingerprint density at radius 1 is 1.28 bits per heavy atom. The zero-order chi connectivity index (χ0) is 12.4. The van der Waals surface area contributed by atoms with Crippen LogP contribution in [-0.2, 0) is 13.0 Å². The van der Waals surface area contributed by atoms with Crippen molar-refractivity contribution in [3.63, 3.8) is 0 Å². The summed E-state index contributed by atoms with van der Waals surface area (Å²) in [6, 6.07) is 8.71. The lowest BCUT2D eigenvalue weighted by Gasteiger charge is -2.04. The van der Waals surface area contributed by atoms with E-state index in [9.17, 15) is 0 Å². The molecule has 18 heavy (non-hydrogen) atoms. The molecule has 2 aromatic heterocycles. The lowest BCUT2D eigenvalue weighted by Crippen LogP contribution is -2.02. The fourth-order valence-electron chi connectivity index (χ4n) is 2.19. The Labute approximate surface area is 110 Å². The quantitative estimate of drug-likeness (QED) is 0.781. The summed E-state index contributed by atoms with van der Waals surface area (Å²) in [6.07, 6.45) is 4.91. The average molecular weight is 257 g/mol. The van der Waals surface area contributed by atoms with Crippen molar-refractivity contribution in [3.05, 3.63) is 52.6 Å². The third-order valence-corrected chi connectivity index (χ3v) is 3.82. The third-order valence-electron chi connectivity index (χ3n) is 3.06. The monoisotopic (exact) mass is 257 g/mol. The predicted octanol–water partition coefficient (Wildman–Crippen LogP) is 2.65. The van der Waals surface area contributed by atoms with E-state index in [-0.39, 0.29) is 0 Å². The van der Waals surface area contributed by atoms with Gasteiger partial charge in [0.25, 0.3) is 0 Å². The van der Waals surface area contributed by atoms with Crippen LogP contribution in [0.5, 0.6) is 0 Å². The van der Waals surface area contributed by atoms with Crippen molar-refractivity contribution >= 4 is 22.2 Å². The molecule has 2 N–H and O–H groups in total. The lowest BCUT2D eigenvalue weighted by atomic mass is 10.1. The number of nitrogens with two attached hydrogens (primary N) is 1. The van der Waals surface area contributed by atoms with E-state index in [0.29, 0.717) is 6.54 Å². The van der Waals surface area contributed by atoms with Gasteiger partial charge < -0.3 is 10.3 Å². The number of aromatic nitrogens is 2. The molecule has 0 bridgehead atoms. The topological polar surface area (TPSA) is 43.8 Å². The molecule has 0 spiro atoms. The van der Waals surface area contributed by atoms with Gasteiger partial charge in [-0.1, -0.05) is 6.07 Å². The molecule has 0 saturated carbocycles. The van der Waals surface area contributed by atoms with Crippen LogP contribution in [0, 0.1) is 0 Å². The zero-order valence-corrected chi connectivity index (χ0v) is 10.9. The summed E-state index contributed by atoms with van der Waals surface area (Å²) in [6.45, 7) is 1.54. The summed E-state index contributed by atoms with van der Waals surface area (Å²) in [5.41, 5.74) is 8.15. The Kier molecular flexibility index (Phi) is 3.13. The minimum absolute atomic E-state index is 0.700. The first-order valence-electron chi connectivity index (χ1n) is 6.03. The smallest absolute Gasteiger partial charge is 0.112 e. The van der Waals surface area contributed by atoms with E-state index in [4.69, 9.17) is 5.73 Å². The van der Waals surface area contributed by atoms with Gasteiger partial charge in [-0.3, -0.25) is 0 Å². The molecule has 3 nitrogen and oxygen atoms in total. The molecule has 0 atom stereocenters. The van der Waals surface area contributed by atoms with E-state index in [1.807, 2.05) is 11.6 Å². The summed E-state index contributed by atoms with van der Waals surface area (Å²) < 4.78 is 2.24. The first-order chi connectivity index (χ1) is 8.86. The van der Waals surface area contributed by atoms with Crippen LogP contribution in [0.15, 0.2) is 42.0 Å². The number of fused-ring (bicyclic) bond motifs is 1. The van der Waals surface area contributed by atoms with Gasteiger partial charge in [0.2, 0.25) is 0 Å². The second-order valence-electron chi connectivity index (χ2n) is 4.30. The molecule has 0 radical (unpaired) electrons. The van der Waals surface area contributed by atoms with Crippen LogP contribution < -0.4 is 5.73 Å². The molecule has 3 rings (SSSR count). The van der Waals surface area contributed by atoms with Gasteiger partial charge in [-0.15, -0.1) is 11.3 Å². The van der Waals surface area contributed by atoms with Crippen LogP contribution in [0.2, 0.25) is 0 Å². The lowest BCUT2D eigenvalue weighted by molar-refractivity contribution is 0.828. The second kappa shape index (κ2) is 4.92. The molecule has 2 heterocycles. The fourth-order valence-corrected chi connectivity index (χ4v) is 2.80. The van der Waals surface area contributed by atoms with Crippen molar-refractivity contribution in [1.29, 1.82) is 0 Å². The third kappa shape index (κ3) is 2.17. The minimum atomic E-state index is 0.700. The van der Waals surface area contributed by atoms with Crippen LogP contribution >= 0.6 is 11.3 Å². The summed E-state index contributed by atoms with van der Waals surface area (Å²) in [4.78, 5) is 4.33. The highest BCUT2D eigenvalue weighted by Gasteiger charge is 2.04. The Hall–Kier alpha value is -1.65. The van der Waals surface area contributed by atoms with Crippen molar-refractivity contribution in [2.45, 2.75) is 13.0 Å². The largest absolute Gasteiger partial charge is 0.341 e. The van der Waals surface area contributed by atoms with Crippen LogP contribution in [-0.4, -0.2) is 16.1 Å². The van der Waals surface area contributed by atoms with Gasteiger partial charge in [-0.05, 0) is 42.1 Å². The maximum Gasteiger partial charge on any atom is 0.112 e. The van der Waals surface area contributed by atoms with Crippen LogP contribution in [0.4, 0.5) is 0 Å². The van der Waals surface area contributed by atoms with E-state index < -0.39 is 0 Å². The maximum atomic E-state index is 5.59. The molecular formula is C14H15N3S. The highest BCUT2D eigenvalue weighted by molar-refractivity contribution is 7.09. The Bertz CT molecular complexity index is 640. The Morgan fingerprint density at radius 3 is 3.00 bits per heavy atom. The second-order valence-corrected chi connectivity index (χ2v) is 5.28. The SMILES string of the molecule is NCCc1ccc2c(ccn2Cc2nccs2)c1. The van der Waals surface area contributed by atoms with Crippen molar-refractivity contribution < 1.29 is 0 Å². The maximum absolute atomic E-state index is 5.59. The van der Waals surface area contributed by atoms with E-state index in [2.05, 4.69) is 40.0 Å². The van der Waals surface area contributed by atoms with Crippen molar-refractivity contribution in [1.82, 2.24) is 9.55 Å². The van der Waals surface area contributed by atoms with Gasteiger partial charge in [-0.25, -0.2) is 4.98 Å².